The molecule has 4 nitrogen and oxygen atoms in total. The Hall–Kier alpha value is -2.49. The van der Waals surface area contributed by atoms with E-state index in [0.717, 1.165) is 22.6 Å². The van der Waals surface area contributed by atoms with Crippen LogP contribution in [0.2, 0.25) is 0 Å². The smallest absolute Gasteiger partial charge is 0.261 e. The monoisotopic (exact) mass is 325 g/mol. The minimum Gasteiger partial charge on any atom is -0.497 e. The van der Waals surface area contributed by atoms with Crippen LogP contribution in [-0.2, 0) is 11.2 Å². The van der Waals surface area contributed by atoms with Gasteiger partial charge >= 0.3 is 0 Å². The van der Waals surface area contributed by atoms with Crippen LogP contribution in [-0.4, -0.2) is 19.1 Å². The molecule has 0 saturated carbocycles. The van der Waals surface area contributed by atoms with E-state index in [-0.39, 0.29) is 17.9 Å². The Morgan fingerprint density at radius 3 is 2.50 bits per heavy atom. The summed E-state index contributed by atoms with van der Waals surface area (Å²) in [5, 5.41) is 3.14. The standard InChI is InChI=1S/C20H23NO3/c1-13(2)19(14-8-10-16(23-3)11-9-14)21-20(22)18-12-15-6-4-5-7-17(15)24-18/h4-11,13,18-19H,12H2,1-3H3,(H,21,22). The minimum absolute atomic E-state index is 0.0595. The van der Waals surface area contributed by atoms with Crippen LogP contribution in [0.5, 0.6) is 11.5 Å². The Morgan fingerprint density at radius 1 is 1.17 bits per heavy atom. The molecule has 0 fully saturated rings. The maximum absolute atomic E-state index is 12.7. The number of methoxy groups -OCH3 is 1. The summed E-state index contributed by atoms with van der Waals surface area (Å²) in [4.78, 5) is 12.7. The van der Waals surface area contributed by atoms with Gasteiger partial charge in [0.25, 0.3) is 5.91 Å². The number of hydrogen-bond donors (Lipinski definition) is 1. The summed E-state index contributed by atoms with van der Waals surface area (Å²) >= 11 is 0. The van der Waals surface area contributed by atoms with E-state index in [9.17, 15) is 4.79 Å². The van der Waals surface area contributed by atoms with Crippen molar-refractivity contribution in [3.63, 3.8) is 0 Å². The first-order chi connectivity index (χ1) is 11.6. The molecule has 2 aromatic rings. The normalized spacial score (nSPS) is 17.1. The van der Waals surface area contributed by atoms with Crippen molar-refractivity contribution in [1.29, 1.82) is 0 Å². The molecule has 126 valence electrons. The number of para-hydroxylation sites is 1. The molecule has 2 aromatic carbocycles. The van der Waals surface area contributed by atoms with Crippen LogP contribution < -0.4 is 14.8 Å². The van der Waals surface area contributed by atoms with Crippen molar-refractivity contribution in [2.75, 3.05) is 7.11 Å². The topological polar surface area (TPSA) is 47.6 Å². The lowest BCUT2D eigenvalue weighted by molar-refractivity contribution is -0.128. The summed E-state index contributed by atoms with van der Waals surface area (Å²) in [5.74, 6) is 1.82. The van der Waals surface area contributed by atoms with Crippen LogP contribution in [0.3, 0.4) is 0 Å². The van der Waals surface area contributed by atoms with Gasteiger partial charge in [0.1, 0.15) is 11.5 Å². The number of benzene rings is 2. The Bertz CT molecular complexity index is 684. The SMILES string of the molecule is COc1ccc(C(NC(=O)C2Cc3ccccc3O2)C(C)C)cc1. The van der Waals surface area contributed by atoms with Gasteiger partial charge < -0.3 is 14.8 Å². The third-order valence-electron chi connectivity index (χ3n) is 4.38. The molecule has 2 unspecified atom stereocenters. The van der Waals surface area contributed by atoms with Crippen LogP contribution in [0.1, 0.15) is 31.0 Å². The van der Waals surface area contributed by atoms with E-state index < -0.39 is 6.10 Å². The maximum atomic E-state index is 12.7. The van der Waals surface area contributed by atoms with Crippen molar-refractivity contribution in [3.05, 3.63) is 59.7 Å². The lowest BCUT2D eigenvalue weighted by Gasteiger charge is -2.24. The zero-order valence-electron chi connectivity index (χ0n) is 14.3. The van der Waals surface area contributed by atoms with Gasteiger partial charge in [-0.2, -0.15) is 0 Å². The van der Waals surface area contributed by atoms with E-state index in [1.165, 1.54) is 0 Å². The highest BCUT2D eigenvalue weighted by atomic mass is 16.5. The number of fused-ring (bicyclic) bond motifs is 1. The van der Waals surface area contributed by atoms with E-state index in [1.54, 1.807) is 7.11 Å². The zero-order valence-corrected chi connectivity index (χ0v) is 14.3. The van der Waals surface area contributed by atoms with Crippen LogP contribution in [0.25, 0.3) is 0 Å². The van der Waals surface area contributed by atoms with Gasteiger partial charge in [0.2, 0.25) is 0 Å². The van der Waals surface area contributed by atoms with Gasteiger partial charge in [0.05, 0.1) is 13.2 Å². The van der Waals surface area contributed by atoms with Crippen molar-refractivity contribution in [1.82, 2.24) is 5.32 Å². The van der Waals surface area contributed by atoms with Crippen molar-refractivity contribution >= 4 is 5.91 Å². The van der Waals surface area contributed by atoms with Crippen LogP contribution in [0.4, 0.5) is 0 Å². The molecule has 0 aliphatic carbocycles. The van der Waals surface area contributed by atoms with E-state index in [4.69, 9.17) is 9.47 Å². The summed E-state index contributed by atoms with van der Waals surface area (Å²) in [6, 6.07) is 15.6. The average molecular weight is 325 g/mol. The number of amides is 1. The van der Waals surface area contributed by atoms with Gasteiger partial charge in [-0.15, -0.1) is 0 Å². The maximum Gasteiger partial charge on any atom is 0.261 e. The van der Waals surface area contributed by atoms with E-state index in [2.05, 4.69) is 19.2 Å². The summed E-state index contributed by atoms with van der Waals surface area (Å²) in [5.41, 5.74) is 2.15. The molecule has 0 aromatic heterocycles. The molecule has 0 radical (unpaired) electrons. The fourth-order valence-electron chi connectivity index (χ4n) is 3.02. The molecule has 3 rings (SSSR count). The lowest BCUT2D eigenvalue weighted by atomic mass is 9.95. The number of ether oxygens (including phenoxy) is 2. The first-order valence-corrected chi connectivity index (χ1v) is 8.27. The highest BCUT2D eigenvalue weighted by molar-refractivity contribution is 5.83. The molecule has 4 heteroatoms. The van der Waals surface area contributed by atoms with Crippen molar-refractivity contribution in [2.45, 2.75) is 32.4 Å². The van der Waals surface area contributed by atoms with Crippen LogP contribution in [0.15, 0.2) is 48.5 Å². The number of carbonyl (C=O) groups excluding carboxylic acids is 1. The lowest BCUT2D eigenvalue weighted by Crippen LogP contribution is -2.41. The van der Waals surface area contributed by atoms with Gasteiger partial charge in [-0.3, -0.25) is 4.79 Å². The van der Waals surface area contributed by atoms with Crippen molar-refractivity contribution in [3.8, 4) is 11.5 Å². The number of nitrogens with one attached hydrogen (secondary N) is 1. The highest BCUT2D eigenvalue weighted by Gasteiger charge is 2.31. The van der Waals surface area contributed by atoms with E-state index >= 15 is 0 Å². The molecule has 1 aliphatic rings. The first kappa shape index (κ1) is 16.4. The van der Waals surface area contributed by atoms with Crippen LogP contribution in [0, 0.1) is 5.92 Å². The second kappa shape index (κ2) is 6.95. The van der Waals surface area contributed by atoms with Crippen LogP contribution >= 0.6 is 0 Å². The summed E-state index contributed by atoms with van der Waals surface area (Å²) in [7, 11) is 1.64. The fraction of sp³-hybridized carbons (Fsp3) is 0.350. The van der Waals surface area contributed by atoms with Gasteiger partial charge in [-0.05, 0) is 35.2 Å². The molecule has 1 heterocycles. The third kappa shape index (κ3) is 3.37. The second-order valence-corrected chi connectivity index (χ2v) is 6.42. The Morgan fingerprint density at radius 2 is 1.88 bits per heavy atom. The fourth-order valence-corrected chi connectivity index (χ4v) is 3.02. The number of carbonyl (C=O) groups is 1. The molecule has 0 bridgehead atoms. The number of hydrogen-bond acceptors (Lipinski definition) is 3. The first-order valence-electron chi connectivity index (χ1n) is 8.27. The third-order valence-corrected chi connectivity index (χ3v) is 4.38. The molecule has 1 N–H and O–H groups in total. The highest BCUT2D eigenvalue weighted by Crippen LogP contribution is 2.29. The Balaban J connectivity index is 1.71. The van der Waals surface area contributed by atoms with Gasteiger partial charge in [0.15, 0.2) is 6.10 Å². The van der Waals surface area contributed by atoms with E-state index in [0.29, 0.717) is 6.42 Å². The molecule has 0 spiro atoms. The molecule has 0 saturated heterocycles. The van der Waals surface area contributed by atoms with E-state index in [1.807, 2.05) is 48.5 Å². The molecular formula is C20H23NO3. The number of rotatable bonds is 5. The van der Waals surface area contributed by atoms with Crippen molar-refractivity contribution in [2.24, 2.45) is 5.92 Å². The van der Waals surface area contributed by atoms with Gasteiger partial charge in [-0.25, -0.2) is 0 Å². The molecule has 1 aliphatic heterocycles. The predicted octanol–water partition coefficient (Wildman–Crippen LogP) is 3.51. The molecular weight excluding hydrogens is 302 g/mol. The largest absolute Gasteiger partial charge is 0.497 e. The average Bonchev–Trinajstić information content (AvgIpc) is 3.03. The summed E-state index contributed by atoms with van der Waals surface area (Å²) < 4.78 is 11.0. The van der Waals surface area contributed by atoms with Crippen molar-refractivity contribution < 1.29 is 14.3 Å². The van der Waals surface area contributed by atoms with Gasteiger partial charge in [0, 0.05) is 6.42 Å². The molecule has 2 atom stereocenters. The van der Waals surface area contributed by atoms with Gasteiger partial charge in [-0.1, -0.05) is 44.2 Å². The second-order valence-electron chi connectivity index (χ2n) is 6.42. The Kier molecular flexibility index (Phi) is 4.74. The minimum atomic E-state index is -0.457. The predicted molar refractivity (Wildman–Crippen MR) is 93.3 cm³/mol. The summed E-state index contributed by atoms with van der Waals surface area (Å²) in [6.07, 6.45) is 0.164. The quantitative estimate of drug-likeness (QED) is 0.915. The Labute approximate surface area is 142 Å². The molecule has 1 amide bonds. The summed E-state index contributed by atoms with van der Waals surface area (Å²) in [6.45, 7) is 4.19. The molecule has 24 heavy (non-hydrogen) atoms. The zero-order chi connectivity index (χ0) is 17.1.